The zero-order chi connectivity index (χ0) is 24.9. The van der Waals surface area contributed by atoms with Gasteiger partial charge in [0.25, 0.3) is 0 Å². The first-order valence-corrected chi connectivity index (χ1v) is 12.0. The summed E-state index contributed by atoms with van der Waals surface area (Å²) in [5, 5.41) is 0. The van der Waals surface area contributed by atoms with E-state index in [9.17, 15) is 0 Å². The molecule has 0 unspecified atom stereocenters. The molecule has 0 N–H and O–H groups in total. The van der Waals surface area contributed by atoms with Crippen molar-refractivity contribution in [3.05, 3.63) is 114 Å². The smallest absolute Gasteiger partial charge is 0.0441 e. The molecule has 4 aromatic carbocycles. The molecule has 178 valence electrons. The predicted molar refractivity (Wildman–Crippen MR) is 155 cm³/mol. The maximum Gasteiger partial charge on any atom is 0.0441 e. The average Bonchev–Trinajstić information content (AvgIpc) is 2.87. The van der Waals surface area contributed by atoms with E-state index in [0.717, 1.165) is 0 Å². The summed E-state index contributed by atoms with van der Waals surface area (Å²) in [6.07, 6.45) is 2.30. The number of benzene rings is 4. The summed E-state index contributed by atoms with van der Waals surface area (Å²) in [6.45, 7) is 0. The topological polar surface area (TPSA) is 9.72 Å². The summed E-state index contributed by atoms with van der Waals surface area (Å²) in [5.74, 6) is 0. The van der Waals surface area contributed by atoms with Crippen LogP contribution in [-0.4, -0.2) is 42.3 Å². The molecule has 3 nitrogen and oxygen atoms in total. The Bertz CT molecular complexity index is 1280. The highest BCUT2D eigenvalue weighted by molar-refractivity contribution is 5.97. The van der Waals surface area contributed by atoms with E-state index in [4.69, 9.17) is 0 Å². The molecule has 0 atom stereocenters. The van der Waals surface area contributed by atoms with Gasteiger partial charge in [-0.05, 0) is 70.3 Å². The van der Waals surface area contributed by atoms with Crippen molar-refractivity contribution >= 4 is 28.7 Å². The monoisotopic (exact) mass is 461 g/mol. The Morgan fingerprint density at radius 2 is 1.09 bits per heavy atom. The summed E-state index contributed by atoms with van der Waals surface area (Å²) in [5.41, 5.74) is 10.8. The van der Waals surface area contributed by atoms with Crippen LogP contribution in [0.15, 0.2) is 97.1 Å². The van der Waals surface area contributed by atoms with Gasteiger partial charge < -0.3 is 14.7 Å². The van der Waals surface area contributed by atoms with Gasteiger partial charge in [-0.25, -0.2) is 0 Å². The molecule has 3 heteroatoms. The fourth-order valence-corrected chi connectivity index (χ4v) is 4.24. The SMILES string of the molecule is CN(C)c1ccc(/C(=C\c2ccccc2)c2cc(-c3ccc(N(C)C)cc3)ccc2N(C)C)cc1. The highest BCUT2D eigenvalue weighted by Crippen LogP contribution is 2.37. The van der Waals surface area contributed by atoms with Crippen LogP contribution in [0.4, 0.5) is 17.1 Å². The third-order valence-electron chi connectivity index (χ3n) is 6.29. The maximum atomic E-state index is 2.33. The fraction of sp³-hybridized carbons (Fsp3) is 0.188. The minimum Gasteiger partial charge on any atom is -0.378 e. The minimum atomic E-state index is 1.18. The second-order valence-corrected chi connectivity index (χ2v) is 9.48. The summed E-state index contributed by atoms with van der Waals surface area (Å²) in [4.78, 5) is 6.46. The van der Waals surface area contributed by atoms with Gasteiger partial charge in [0.05, 0.1) is 0 Å². The highest BCUT2D eigenvalue weighted by Gasteiger charge is 2.14. The maximum absolute atomic E-state index is 2.33. The third-order valence-corrected chi connectivity index (χ3v) is 6.29. The Morgan fingerprint density at radius 3 is 1.63 bits per heavy atom. The van der Waals surface area contributed by atoms with Gasteiger partial charge in [0.1, 0.15) is 0 Å². The van der Waals surface area contributed by atoms with Crippen LogP contribution in [0, 0.1) is 0 Å². The van der Waals surface area contributed by atoms with E-state index in [-0.39, 0.29) is 0 Å². The van der Waals surface area contributed by atoms with Gasteiger partial charge in [-0.1, -0.05) is 60.7 Å². The molecule has 0 saturated heterocycles. The molecule has 0 aliphatic heterocycles. The first-order valence-electron chi connectivity index (χ1n) is 12.0. The molecule has 0 radical (unpaired) electrons. The van der Waals surface area contributed by atoms with E-state index >= 15 is 0 Å². The molecular weight excluding hydrogens is 426 g/mol. The van der Waals surface area contributed by atoms with Crippen LogP contribution in [0.1, 0.15) is 16.7 Å². The molecule has 0 bridgehead atoms. The molecule has 0 spiro atoms. The number of hydrogen-bond donors (Lipinski definition) is 0. The Hall–Kier alpha value is -3.98. The van der Waals surface area contributed by atoms with Crippen molar-refractivity contribution in [2.75, 3.05) is 57.0 Å². The lowest BCUT2D eigenvalue weighted by atomic mass is 9.91. The van der Waals surface area contributed by atoms with E-state index in [1.165, 1.54) is 50.5 Å². The number of rotatable bonds is 7. The van der Waals surface area contributed by atoms with Crippen LogP contribution in [0.3, 0.4) is 0 Å². The van der Waals surface area contributed by atoms with Gasteiger partial charge in [0, 0.05) is 64.9 Å². The summed E-state index contributed by atoms with van der Waals surface area (Å²) in [7, 11) is 12.5. The standard InChI is InChI=1S/C32H35N3/c1-33(2)28-17-12-25(13-18-28)27-16-21-32(35(5)6)31(23-27)30(22-24-10-8-7-9-11-24)26-14-19-29(20-15-26)34(3)4/h7-23H,1-6H3/b30-22+. The van der Waals surface area contributed by atoms with E-state index in [0.29, 0.717) is 0 Å². The molecule has 4 rings (SSSR count). The average molecular weight is 462 g/mol. The lowest BCUT2D eigenvalue weighted by Crippen LogP contribution is -2.11. The van der Waals surface area contributed by atoms with Crippen LogP contribution in [0.2, 0.25) is 0 Å². The molecular formula is C32H35N3. The Morgan fingerprint density at radius 1 is 0.543 bits per heavy atom. The normalized spacial score (nSPS) is 11.3. The van der Waals surface area contributed by atoms with Crippen LogP contribution in [-0.2, 0) is 0 Å². The quantitative estimate of drug-likeness (QED) is 0.271. The fourth-order valence-electron chi connectivity index (χ4n) is 4.24. The summed E-state index contributed by atoms with van der Waals surface area (Å²) < 4.78 is 0. The summed E-state index contributed by atoms with van der Waals surface area (Å²) >= 11 is 0. The first-order chi connectivity index (χ1) is 16.8. The third kappa shape index (κ3) is 5.58. The van der Waals surface area contributed by atoms with Gasteiger partial charge in [-0.2, -0.15) is 0 Å². The van der Waals surface area contributed by atoms with E-state index in [1.807, 2.05) is 0 Å². The van der Waals surface area contributed by atoms with Crippen molar-refractivity contribution in [1.29, 1.82) is 0 Å². The minimum absolute atomic E-state index is 1.18. The van der Waals surface area contributed by atoms with E-state index < -0.39 is 0 Å². The van der Waals surface area contributed by atoms with Gasteiger partial charge in [0.15, 0.2) is 0 Å². The molecule has 0 heterocycles. The summed E-state index contributed by atoms with van der Waals surface area (Å²) in [6, 6.07) is 34.9. The van der Waals surface area contributed by atoms with E-state index in [2.05, 4.69) is 160 Å². The van der Waals surface area contributed by atoms with Crippen molar-refractivity contribution in [1.82, 2.24) is 0 Å². The molecule has 4 aromatic rings. The van der Waals surface area contributed by atoms with Gasteiger partial charge >= 0.3 is 0 Å². The Labute approximate surface area is 210 Å². The highest BCUT2D eigenvalue weighted by atomic mass is 15.1. The molecule has 0 aliphatic carbocycles. The Kier molecular flexibility index (Phi) is 7.26. The van der Waals surface area contributed by atoms with Crippen LogP contribution in [0.5, 0.6) is 0 Å². The van der Waals surface area contributed by atoms with Crippen molar-refractivity contribution in [2.45, 2.75) is 0 Å². The van der Waals surface area contributed by atoms with Gasteiger partial charge in [0.2, 0.25) is 0 Å². The van der Waals surface area contributed by atoms with Crippen molar-refractivity contribution < 1.29 is 0 Å². The zero-order valence-electron chi connectivity index (χ0n) is 21.7. The van der Waals surface area contributed by atoms with E-state index in [1.54, 1.807) is 0 Å². The first kappa shape index (κ1) is 24.2. The number of nitrogens with zero attached hydrogens (tertiary/aromatic N) is 3. The Balaban J connectivity index is 1.89. The predicted octanol–water partition coefficient (Wildman–Crippen LogP) is 7.14. The molecule has 0 fully saturated rings. The lowest BCUT2D eigenvalue weighted by molar-refractivity contribution is 1.12. The number of anilines is 3. The molecule has 0 aliphatic rings. The zero-order valence-corrected chi connectivity index (χ0v) is 21.7. The van der Waals surface area contributed by atoms with Crippen LogP contribution in [0.25, 0.3) is 22.8 Å². The van der Waals surface area contributed by atoms with Crippen molar-refractivity contribution in [2.24, 2.45) is 0 Å². The van der Waals surface area contributed by atoms with Crippen molar-refractivity contribution in [3.8, 4) is 11.1 Å². The number of hydrogen-bond acceptors (Lipinski definition) is 3. The molecule has 0 amide bonds. The van der Waals surface area contributed by atoms with Gasteiger partial charge in [-0.3, -0.25) is 0 Å². The lowest BCUT2D eigenvalue weighted by Gasteiger charge is -2.22. The second kappa shape index (κ2) is 10.5. The van der Waals surface area contributed by atoms with Gasteiger partial charge in [-0.15, -0.1) is 0 Å². The van der Waals surface area contributed by atoms with Crippen molar-refractivity contribution in [3.63, 3.8) is 0 Å². The largest absolute Gasteiger partial charge is 0.378 e. The molecule has 35 heavy (non-hydrogen) atoms. The molecule has 0 saturated carbocycles. The van der Waals surface area contributed by atoms with Crippen LogP contribution < -0.4 is 14.7 Å². The molecule has 0 aromatic heterocycles. The van der Waals surface area contributed by atoms with Crippen LogP contribution >= 0.6 is 0 Å². The second-order valence-electron chi connectivity index (χ2n) is 9.48.